The van der Waals surface area contributed by atoms with E-state index in [0.29, 0.717) is 12.1 Å². The molecule has 21 heavy (non-hydrogen) atoms. The molecule has 1 aliphatic rings. The van der Waals surface area contributed by atoms with Crippen molar-refractivity contribution in [3.63, 3.8) is 0 Å². The molecule has 1 heterocycles. The van der Waals surface area contributed by atoms with E-state index in [1.165, 1.54) is 0 Å². The second-order valence-electron chi connectivity index (χ2n) is 6.32. The van der Waals surface area contributed by atoms with Crippen LogP contribution in [0.25, 0.3) is 0 Å². The lowest BCUT2D eigenvalue weighted by atomic mass is 9.86. The highest BCUT2D eigenvalue weighted by molar-refractivity contribution is 5.47. The third kappa shape index (κ3) is 4.45. The van der Waals surface area contributed by atoms with Crippen LogP contribution in [0.4, 0.5) is 5.69 Å². The van der Waals surface area contributed by atoms with Crippen LogP contribution in [0.15, 0.2) is 24.3 Å². The van der Waals surface area contributed by atoms with Crippen LogP contribution in [0.1, 0.15) is 32.8 Å². The number of nitrogens with zero attached hydrogens (tertiary/aromatic N) is 1. The van der Waals surface area contributed by atoms with Crippen molar-refractivity contribution in [3.8, 4) is 6.07 Å². The minimum Gasteiger partial charge on any atom is -0.383 e. The Morgan fingerprint density at radius 1 is 1.43 bits per heavy atom. The Bertz CT molecular complexity index is 484. The lowest BCUT2D eigenvalue weighted by Gasteiger charge is -2.27. The van der Waals surface area contributed by atoms with E-state index in [4.69, 9.17) is 10.00 Å². The van der Waals surface area contributed by atoms with Gasteiger partial charge in [0, 0.05) is 24.3 Å². The zero-order chi connectivity index (χ0) is 15.3. The summed E-state index contributed by atoms with van der Waals surface area (Å²) in [6, 6.07) is 11.3. The average molecular weight is 287 g/mol. The molecule has 0 aromatic heterocycles. The number of hydrogen-bond donors (Lipinski definition) is 2. The summed E-state index contributed by atoms with van der Waals surface area (Å²) in [5, 5.41) is 16.1. The van der Waals surface area contributed by atoms with Gasteiger partial charge in [-0.25, -0.2) is 0 Å². The number of rotatable bonds is 5. The van der Waals surface area contributed by atoms with E-state index in [1.54, 1.807) is 0 Å². The Balaban J connectivity index is 1.89. The van der Waals surface area contributed by atoms with E-state index in [-0.39, 0.29) is 0 Å². The molecule has 114 valence electrons. The van der Waals surface area contributed by atoms with Gasteiger partial charge in [-0.2, -0.15) is 5.26 Å². The molecule has 0 radical (unpaired) electrons. The quantitative estimate of drug-likeness (QED) is 0.874. The van der Waals surface area contributed by atoms with Crippen LogP contribution >= 0.6 is 0 Å². The van der Waals surface area contributed by atoms with E-state index < -0.39 is 5.41 Å². The molecule has 0 bridgehead atoms. The van der Waals surface area contributed by atoms with Gasteiger partial charge < -0.3 is 15.4 Å². The highest BCUT2D eigenvalue weighted by atomic mass is 16.5. The fourth-order valence-electron chi connectivity index (χ4n) is 2.59. The fraction of sp³-hybridized carbons (Fsp3) is 0.588. The average Bonchev–Trinajstić information content (AvgIpc) is 2.48. The van der Waals surface area contributed by atoms with Crippen LogP contribution in [0, 0.1) is 11.3 Å². The van der Waals surface area contributed by atoms with Crippen LogP contribution in [0.5, 0.6) is 0 Å². The van der Waals surface area contributed by atoms with Crippen LogP contribution in [0.3, 0.4) is 0 Å². The molecule has 0 spiro atoms. The van der Waals surface area contributed by atoms with Gasteiger partial charge in [0.05, 0.1) is 24.7 Å². The molecule has 2 N–H and O–H groups in total. The number of nitrogens with one attached hydrogen (secondary N) is 2. The van der Waals surface area contributed by atoms with E-state index in [0.717, 1.165) is 37.4 Å². The van der Waals surface area contributed by atoms with Crippen LogP contribution in [-0.2, 0) is 10.2 Å². The number of ether oxygens (including phenoxy) is 1. The molecule has 2 atom stereocenters. The molecule has 0 amide bonds. The van der Waals surface area contributed by atoms with Crippen LogP contribution in [-0.4, -0.2) is 31.8 Å². The molecule has 1 saturated heterocycles. The first-order valence-corrected chi connectivity index (χ1v) is 7.61. The van der Waals surface area contributed by atoms with E-state index >= 15 is 0 Å². The molecular weight excluding hydrogens is 262 g/mol. The molecule has 0 aliphatic carbocycles. The number of benzene rings is 1. The first-order valence-electron chi connectivity index (χ1n) is 7.61. The third-order valence-corrected chi connectivity index (χ3v) is 3.94. The second kappa shape index (κ2) is 6.93. The smallest absolute Gasteiger partial charge is 0.0766 e. The summed E-state index contributed by atoms with van der Waals surface area (Å²) < 4.78 is 5.48. The number of morpholine rings is 1. The van der Waals surface area contributed by atoms with Gasteiger partial charge in [0.25, 0.3) is 0 Å². The van der Waals surface area contributed by atoms with Crippen LogP contribution < -0.4 is 10.6 Å². The number of hydrogen-bond acceptors (Lipinski definition) is 4. The minimum absolute atomic E-state index is 0.374. The Kier molecular flexibility index (Phi) is 5.22. The molecule has 1 aromatic carbocycles. The Hall–Kier alpha value is -1.57. The third-order valence-electron chi connectivity index (χ3n) is 3.94. The van der Waals surface area contributed by atoms with E-state index in [9.17, 15) is 0 Å². The van der Waals surface area contributed by atoms with Crippen LogP contribution in [0.2, 0.25) is 0 Å². The van der Waals surface area contributed by atoms with Crippen molar-refractivity contribution < 1.29 is 4.74 Å². The van der Waals surface area contributed by atoms with Crippen molar-refractivity contribution in [2.45, 2.75) is 44.7 Å². The van der Waals surface area contributed by atoms with Crippen molar-refractivity contribution in [2.24, 2.45) is 0 Å². The van der Waals surface area contributed by atoms with Gasteiger partial charge in [-0.05, 0) is 44.9 Å². The Labute approximate surface area is 127 Å². The van der Waals surface area contributed by atoms with Crippen molar-refractivity contribution in [1.29, 1.82) is 5.26 Å². The molecule has 1 fully saturated rings. The maximum absolute atomic E-state index is 9.16. The molecule has 1 aromatic rings. The monoisotopic (exact) mass is 287 g/mol. The molecule has 0 saturated carbocycles. The standard InChI is InChI=1S/C17H25N3O/c1-13(10-16-11-21-9-8-19-16)20-15-6-4-14(5-7-15)17(2,3)12-18/h4-7,13,16,19-20H,8-11H2,1-3H3. The zero-order valence-electron chi connectivity index (χ0n) is 13.1. The molecule has 2 unspecified atom stereocenters. The van der Waals surface area contributed by atoms with E-state index in [2.05, 4.69) is 35.8 Å². The van der Waals surface area contributed by atoms with Gasteiger partial charge >= 0.3 is 0 Å². The zero-order valence-corrected chi connectivity index (χ0v) is 13.1. The molecule has 4 nitrogen and oxygen atoms in total. The Morgan fingerprint density at radius 2 is 2.14 bits per heavy atom. The summed E-state index contributed by atoms with van der Waals surface area (Å²) in [5.74, 6) is 0. The van der Waals surface area contributed by atoms with Gasteiger partial charge in [0.15, 0.2) is 0 Å². The van der Waals surface area contributed by atoms with E-state index in [1.807, 2.05) is 26.0 Å². The summed E-state index contributed by atoms with van der Waals surface area (Å²) in [6.07, 6.45) is 1.03. The minimum atomic E-state index is -0.437. The topological polar surface area (TPSA) is 57.1 Å². The first-order chi connectivity index (χ1) is 10.0. The van der Waals surface area contributed by atoms with Gasteiger partial charge in [-0.15, -0.1) is 0 Å². The normalized spacial score (nSPS) is 20.6. The second-order valence-corrected chi connectivity index (χ2v) is 6.32. The highest BCUT2D eigenvalue weighted by Gasteiger charge is 2.19. The lowest BCUT2D eigenvalue weighted by molar-refractivity contribution is 0.0731. The molecule has 1 aliphatic heterocycles. The molecular formula is C17H25N3O. The van der Waals surface area contributed by atoms with Crippen molar-refractivity contribution in [2.75, 3.05) is 25.1 Å². The lowest BCUT2D eigenvalue weighted by Crippen LogP contribution is -2.43. The SMILES string of the molecule is CC(CC1COCCN1)Nc1ccc(C(C)(C)C#N)cc1. The maximum Gasteiger partial charge on any atom is 0.0766 e. The van der Waals surface area contributed by atoms with Gasteiger partial charge in [-0.3, -0.25) is 0 Å². The number of anilines is 1. The summed E-state index contributed by atoms with van der Waals surface area (Å²) in [6.45, 7) is 8.61. The van der Waals surface area contributed by atoms with Crippen molar-refractivity contribution >= 4 is 5.69 Å². The predicted octanol–water partition coefficient (Wildman–Crippen LogP) is 2.67. The summed E-state index contributed by atoms with van der Waals surface area (Å²) >= 11 is 0. The Morgan fingerprint density at radius 3 is 2.71 bits per heavy atom. The fourth-order valence-corrected chi connectivity index (χ4v) is 2.59. The largest absolute Gasteiger partial charge is 0.383 e. The van der Waals surface area contributed by atoms with Gasteiger partial charge in [-0.1, -0.05) is 12.1 Å². The maximum atomic E-state index is 9.16. The molecule has 4 heteroatoms. The highest BCUT2D eigenvalue weighted by Crippen LogP contribution is 2.24. The van der Waals surface area contributed by atoms with Crippen molar-refractivity contribution in [1.82, 2.24) is 5.32 Å². The number of nitriles is 1. The summed E-state index contributed by atoms with van der Waals surface area (Å²) in [5.41, 5.74) is 1.70. The van der Waals surface area contributed by atoms with Crippen molar-refractivity contribution in [3.05, 3.63) is 29.8 Å². The van der Waals surface area contributed by atoms with Gasteiger partial charge in [0.2, 0.25) is 0 Å². The summed E-state index contributed by atoms with van der Waals surface area (Å²) in [7, 11) is 0. The van der Waals surface area contributed by atoms with Gasteiger partial charge in [0.1, 0.15) is 0 Å². The summed E-state index contributed by atoms with van der Waals surface area (Å²) in [4.78, 5) is 0. The first kappa shape index (κ1) is 15.8. The molecule has 2 rings (SSSR count). The predicted molar refractivity (Wildman–Crippen MR) is 85.4 cm³/mol.